The van der Waals surface area contributed by atoms with Crippen LogP contribution < -0.4 is 0 Å². The average Bonchev–Trinajstić information content (AvgIpc) is 2.18. The SMILES string of the molecule is CCCC1CCC(Cl)C(CCC(C)(C)C)C1. The van der Waals surface area contributed by atoms with Crippen molar-refractivity contribution in [2.75, 3.05) is 0 Å². The maximum atomic E-state index is 6.48. The van der Waals surface area contributed by atoms with Gasteiger partial charge >= 0.3 is 0 Å². The van der Waals surface area contributed by atoms with E-state index < -0.39 is 0 Å². The third kappa shape index (κ3) is 5.08. The van der Waals surface area contributed by atoms with Crippen LogP contribution in [0.2, 0.25) is 0 Å². The fourth-order valence-electron chi connectivity index (χ4n) is 2.91. The molecular weight excluding hydrogens is 216 g/mol. The molecule has 1 fully saturated rings. The highest BCUT2D eigenvalue weighted by molar-refractivity contribution is 6.20. The second kappa shape index (κ2) is 6.28. The lowest BCUT2D eigenvalue weighted by Gasteiger charge is -2.34. The van der Waals surface area contributed by atoms with Gasteiger partial charge in [0.05, 0.1) is 0 Å². The molecule has 96 valence electrons. The van der Waals surface area contributed by atoms with E-state index in [0.29, 0.717) is 10.8 Å². The summed E-state index contributed by atoms with van der Waals surface area (Å²) in [6, 6.07) is 0. The number of rotatable bonds is 4. The zero-order valence-corrected chi connectivity index (χ0v) is 12.3. The first-order valence-electron chi connectivity index (χ1n) is 7.06. The molecular formula is C15H29Cl. The molecule has 0 bridgehead atoms. The molecule has 1 aliphatic carbocycles. The van der Waals surface area contributed by atoms with Crippen molar-refractivity contribution in [3.63, 3.8) is 0 Å². The largest absolute Gasteiger partial charge is 0.123 e. The standard InChI is InChI=1S/C15H29Cl/c1-5-6-12-7-8-14(16)13(11-12)9-10-15(2,3)4/h12-14H,5-11H2,1-4H3. The van der Waals surface area contributed by atoms with Gasteiger partial charge in [-0.25, -0.2) is 0 Å². The van der Waals surface area contributed by atoms with Crippen molar-refractivity contribution in [3.8, 4) is 0 Å². The summed E-state index contributed by atoms with van der Waals surface area (Å²) >= 11 is 6.48. The molecule has 3 atom stereocenters. The van der Waals surface area contributed by atoms with Gasteiger partial charge in [-0.2, -0.15) is 0 Å². The maximum absolute atomic E-state index is 6.48. The summed E-state index contributed by atoms with van der Waals surface area (Å²) in [5.74, 6) is 1.75. The molecule has 0 aromatic heterocycles. The number of halogens is 1. The van der Waals surface area contributed by atoms with Crippen LogP contribution in [0.1, 0.15) is 72.6 Å². The third-order valence-electron chi connectivity index (χ3n) is 3.96. The highest BCUT2D eigenvalue weighted by Gasteiger charge is 2.29. The normalized spacial score (nSPS) is 31.7. The molecule has 0 aromatic rings. The van der Waals surface area contributed by atoms with Crippen LogP contribution in [0.4, 0.5) is 0 Å². The van der Waals surface area contributed by atoms with Gasteiger partial charge in [0.2, 0.25) is 0 Å². The first-order valence-corrected chi connectivity index (χ1v) is 7.50. The zero-order chi connectivity index (χ0) is 12.2. The molecule has 0 heterocycles. The second-order valence-electron chi connectivity index (χ2n) is 6.84. The van der Waals surface area contributed by atoms with Gasteiger partial charge in [-0.05, 0) is 49.4 Å². The molecule has 1 aliphatic rings. The van der Waals surface area contributed by atoms with Crippen molar-refractivity contribution in [1.82, 2.24) is 0 Å². The van der Waals surface area contributed by atoms with Crippen LogP contribution in [-0.2, 0) is 0 Å². The van der Waals surface area contributed by atoms with Crippen LogP contribution in [-0.4, -0.2) is 5.38 Å². The van der Waals surface area contributed by atoms with Crippen LogP contribution in [0.25, 0.3) is 0 Å². The minimum Gasteiger partial charge on any atom is -0.123 e. The van der Waals surface area contributed by atoms with E-state index in [9.17, 15) is 0 Å². The van der Waals surface area contributed by atoms with E-state index in [4.69, 9.17) is 11.6 Å². The van der Waals surface area contributed by atoms with Crippen molar-refractivity contribution >= 4 is 11.6 Å². The minimum atomic E-state index is 0.454. The van der Waals surface area contributed by atoms with Crippen LogP contribution in [0.15, 0.2) is 0 Å². The Morgan fingerprint density at radius 1 is 1.12 bits per heavy atom. The Labute approximate surface area is 107 Å². The Morgan fingerprint density at radius 2 is 1.81 bits per heavy atom. The summed E-state index contributed by atoms with van der Waals surface area (Å²) in [6.07, 6.45) is 9.41. The third-order valence-corrected chi connectivity index (χ3v) is 4.53. The fraction of sp³-hybridized carbons (Fsp3) is 1.00. The van der Waals surface area contributed by atoms with E-state index in [2.05, 4.69) is 27.7 Å². The summed E-state index contributed by atoms with van der Waals surface area (Å²) in [7, 11) is 0. The molecule has 1 saturated carbocycles. The van der Waals surface area contributed by atoms with Crippen molar-refractivity contribution < 1.29 is 0 Å². The van der Waals surface area contributed by atoms with Crippen LogP contribution in [0.5, 0.6) is 0 Å². The molecule has 0 amide bonds. The molecule has 0 aromatic carbocycles. The summed E-state index contributed by atoms with van der Waals surface area (Å²) < 4.78 is 0. The first kappa shape index (κ1) is 14.4. The first-order chi connectivity index (χ1) is 7.42. The Balaban J connectivity index is 2.37. The monoisotopic (exact) mass is 244 g/mol. The van der Waals surface area contributed by atoms with Gasteiger partial charge in [-0.3, -0.25) is 0 Å². The van der Waals surface area contributed by atoms with Gasteiger partial charge in [0.25, 0.3) is 0 Å². The van der Waals surface area contributed by atoms with E-state index in [1.54, 1.807) is 0 Å². The molecule has 0 saturated heterocycles. The Morgan fingerprint density at radius 3 is 2.38 bits per heavy atom. The van der Waals surface area contributed by atoms with E-state index in [-0.39, 0.29) is 0 Å². The summed E-state index contributed by atoms with van der Waals surface area (Å²) in [5.41, 5.74) is 0.467. The van der Waals surface area contributed by atoms with Gasteiger partial charge in [0, 0.05) is 5.38 Å². The minimum absolute atomic E-state index is 0.454. The van der Waals surface area contributed by atoms with Crippen molar-refractivity contribution in [1.29, 1.82) is 0 Å². The van der Waals surface area contributed by atoms with E-state index >= 15 is 0 Å². The highest BCUT2D eigenvalue weighted by atomic mass is 35.5. The van der Waals surface area contributed by atoms with Crippen molar-refractivity contribution in [3.05, 3.63) is 0 Å². The molecule has 0 nitrogen and oxygen atoms in total. The Kier molecular flexibility index (Phi) is 5.64. The molecule has 0 radical (unpaired) electrons. The number of hydrogen-bond donors (Lipinski definition) is 0. The predicted octanol–water partition coefficient (Wildman–Crippen LogP) is 5.64. The molecule has 0 N–H and O–H groups in total. The summed E-state index contributed by atoms with van der Waals surface area (Å²) in [6.45, 7) is 9.31. The molecule has 1 rings (SSSR count). The van der Waals surface area contributed by atoms with Crippen LogP contribution >= 0.6 is 11.6 Å². The summed E-state index contributed by atoms with van der Waals surface area (Å²) in [5, 5.41) is 0.454. The summed E-state index contributed by atoms with van der Waals surface area (Å²) in [4.78, 5) is 0. The molecule has 3 unspecified atom stereocenters. The van der Waals surface area contributed by atoms with E-state index in [0.717, 1.165) is 11.8 Å². The van der Waals surface area contributed by atoms with Crippen molar-refractivity contribution in [2.45, 2.75) is 78.0 Å². The number of hydrogen-bond acceptors (Lipinski definition) is 0. The molecule has 1 heteroatoms. The van der Waals surface area contributed by atoms with Crippen LogP contribution in [0.3, 0.4) is 0 Å². The lowest BCUT2D eigenvalue weighted by atomic mass is 9.75. The second-order valence-corrected chi connectivity index (χ2v) is 7.40. The Hall–Kier alpha value is 0.290. The average molecular weight is 245 g/mol. The van der Waals surface area contributed by atoms with Gasteiger partial charge < -0.3 is 0 Å². The quantitative estimate of drug-likeness (QED) is 0.562. The lowest BCUT2D eigenvalue weighted by molar-refractivity contribution is 0.221. The van der Waals surface area contributed by atoms with E-state index in [1.165, 1.54) is 44.9 Å². The number of alkyl halides is 1. The smallest absolute Gasteiger partial charge is 0.0364 e. The highest BCUT2D eigenvalue weighted by Crippen LogP contribution is 2.39. The van der Waals surface area contributed by atoms with Gasteiger partial charge in [-0.15, -0.1) is 11.6 Å². The molecule has 0 aliphatic heterocycles. The maximum Gasteiger partial charge on any atom is 0.0364 e. The molecule has 0 spiro atoms. The fourth-order valence-corrected chi connectivity index (χ4v) is 3.27. The van der Waals surface area contributed by atoms with Gasteiger partial charge in [0.15, 0.2) is 0 Å². The molecule has 16 heavy (non-hydrogen) atoms. The van der Waals surface area contributed by atoms with Gasteiger partial charge in [0.1, 0.15) is 0 Å². The van der Waals surface area contributed by atoms with Crippen LogP contribution in [0, 0.1) is 17.3 Å². The van der Waals surface area contributed by atoms with E-state index in [1.807, 2.05) is 0 Å². The Bertz CT molecular complexity index is 192. The topological polar surface area (TPSA) is 0 Å². The van der Waals surface area contributed by atoms with Crippen molar-refractivity contribution in [2.24, 2.45) is 17.3 Å². The van der Waals surface area contributed by atoms with Gasteiger partial charge in [-0.1, -0.05) is 40.5 Å². The lowest BCUT2D eigenvalue weighted by Crippen LogP contribution is -2.26. The predicted molar refractivity (Wildman–Crippen MR) is 74.1 cm³/mol. The zero-order valence-electron chi connectivity index (χ0n) is 11.6.